The predicted molar refractivity (Wildman–Crippen MR) is 110 cm³/mol. The molecule has 0 aromatic heterocycles. The first kappa shape index (κ1) is 21.2. The standard InChI is InChI=1S/C22H24N2O6/c1-15-5-2-3-6-17(15)22(27)23-10-9-21(26)30-14-20(25)24-16-7-8-18-19(13-16)29-12-4-11-28-18/h2-3,5-8,13H,4,9-12,14H2,1H3,(H,23,27)(H,24,25). The van der Waals surface area contributed by atoms with E-state index in [0.717, 1.165) is 12.0 Å². The van der Waals surface area contributed by atoms with E-state index in [2.05, 4.69) is 10.6 Å². The van der Waals surface area contributed by atoms with E-state index >= 15 is 0 Å². The first-order chi connectivity index (χ1) is 14.5. The number of hydrogen-bond donors (Lipinski definition) is 2. The number of fused-ring (bicyclic) bond motifs is 1. The van der Waals surface area contributed by atoms with Gasteiger partial charge in [-0.2, -0.15) is 0 Å². The molecule has 2 amide bonds. The fourth-order valence-corrected chi connectivity index (χ4v) is 2.86. The average Bonchev–Trinajstić information content (AvgIpc) is 2.97. The number of carbonyl (C=O) groups excluding carboxylic acids is 3. The second-order valence-corrected chi connectivity index (χ2v) is 6.74. The summed E-state index contributed by atoms with van der Waals surface area (Å²) < 4.78 is 16.1. The molecule has 0 atom stereocenters. The van der Waals surface area contributed by atoms with E-state index in [1.54, 1.807) is 30.3 Å². The molecular weight excluding hydrogens is 388 g/mol. The van der Waals surface area contributed by atoms with Crippen molar-refractivity contribution in [1.29, 1.82) is 0 Å². The number of ether oxygens (including phenoxy) is 3. The molecule has 0 bridgehead atoms. The van der Waals surface area contributed by atoms with Crippen LogP contribution in [-0.4, -0.2) is 44.1 Å². The molecule has 3 rings (SSSR count). The van der Waals surface area contributed by atoms with Gasteiger partial charge in [0.25, 0.3) is 11.8 Å². The van der Waals surface area contributed by atoms with Crippen LogP contribution < -0.4 is 20.1 Å². The number of benzene rings is 2. The zero-order valence-electron chi connectivity index (χ0n) is 16.7. The van der Waals surface area contributed by atoms with Crippen molar-refractivity contribution in [2.75, 3.05) is 31.7 Å². The third kappa shape index (κ3) is 5.97. The summed E-state index contributed by atoms with van der Waals surface area (Å²) in [4.78, 5) is 35.9. The van der Waals surface area contributed by atoms with Crippen LogP contribution in [0.15, 0.2) is 42.5 Å². The van der Waals surface area contributed by atoms with Gasteiger partial charge < -0.3 is 24.8 Å². The van der Waals surface area contributed by atoms with Crippen LogP contribution in [-0.2, 0) is 14.3 Å². The molecular formula is C22H24N2O6. The minimum absolute atomic E-state index is 0.0328. The Labute approximate surface area is 174 Å². The lowest BCUT2D eigenvalue weighted by atomic mass is 10.1. The molecule has 0 saturated carbocycles. The van der Waals surface area contributed by atoms with E-state index in [-0.39, 0.29) is 18.9 Å². The maximum absolute atomic E-state index is 12.1. The molecule has 8 heteroatoms. The van der Waals surface area contributed by atoms with Crippen molar-refractivity contribution < 1.29 is 28.6 Å². The third-order valence-electron chi connectivity index (χ3n) is 4.40. The molecule has 158 valence electrons. The van der Waals surface area contributed by atoms with E-state index in [0.29, 0.717) is 36.0 Å². The quantitative estimate of drug-likeness (QED) is 0.677. The van der Waals surface area contributed by atoms with Crippen LogP contribution in [0.5, 0.6) is 11.5 Å². The number of amides is 2. The first-order valence-corrected chi connectivity index (χ1v) is 9.72. The maximum atomic E-state index is 12.1. The van der Waals surface area contributed by atoms with Crippen molar-refractivity contribution >= 4 is 23.5 Å². The van der Waals surface area contributed by atoms with Gasteiger partial charge in [-0.15, -0.1) is 0 Å². The Hall–Kier alpha value is -3.55. The van der Waals surface area contributed by atoms with Crippen molar-refractivity contribution in [2.45, 2.75) is 19.8 Å². The smallest absolute Gasteiger partial charge is 0.308 e. The van der Waals surface area contributed by atoms with Gasteiger partial charge in [-0.25, -0.2) is 0 Å². The molecule has 8 nitrogen and oxygen atoms in total. The molecule has 0 radical (unpaired) electrons. The Morgan fingerprint density at radius 2 is 1.80 bits per heavy atom. The molecule has 2 aromatic rings. The zero-order valence-corrected chi connectivity index (χ0v) is 16.7. The van der Waals surface area contributed by atoms with Crippen LogP contribution in [0.1, 0.15) is 28.8 Å². The number of nitrogens with one attached hydrogen (secondary N) is 2. The zero-order chi connectivity index (χ0) is 21.3. The molecule has 2 N–H and O–H groups in total. The number of carbonyl (C=O) groups is 3. The average molecular weight is 412 g/mol. The van der Waals surface area contributed by atoms with Gasteiger partial charge in [0, 0.05) is 30.3 Å². The normalized spacial score (nSPS) is 12.4. The third-order valence-corrected chi connectivity index (χ3v) is 4.40. The van der Waals surface area contributed by atoms with E-state index < -0.39 is 18.5 Å². The van der Waals surface area contributed by atoms with Crippen LogP contribution in [0.4, 0.5) is 5.69 Å². The van der Waals surface area contributed by atoms with E-state index in [4.69, 9.17) is 14.2 Å². The Bertz CT molecular complexity index is 928. The monoisotopic (exact) mass is 412 g/mol. The van der Waals surface area contributed by atoms with Gasteiger partial charge in [-0.3, -0.25) is 14.4 Å². The van der Waals surface area contributed by atoms with Crippen molar-refractivity contribution in [3.63, 3.8) is 0 Å². The van der Waals surface area contributed by atoms with Crippen LogP contribution >= 0.6 is 0 Å². The molecule has 0 saturated heterocycles. The summed E-state index contributed by atoms with van der Waals surface area (Å²) in [7, 11) is 0. The Morgan fingerprint density at radius 1 is 1.03 bits per heavy atom. The molecule has 0 fully saturated rings. The SMILES string of the molecule is Cc1ccccc1C(=O)NCCC(=O)OCC(=O)Nc1ccc2c(c1)OCCCO2. The van der Waals surface area contributed by atoms with Gasteiger partial charge in [0.1, 0.15) is 0 Å². The highest BCUT2D eigenvalue weighted by molar-refractivity contribution is 5.96. The molecule has 30 heavy (non-hydrogen) atoms. The number of esters is 1. The second-order valence-electron chi connectivity index (χ2n) is 6.74. The summed E-state index contributed by atoms with van der Waals surface area (Å²) >= 11 is 0. The first-order valence-electron chi connectivity index (χ1n) is 9.72. The minimum Gasteiger partial charge on any atom is -0.490 e. The number of rotatable bonds is 7. The predicted octanol–water partition coefficient (Wildman–Crippen LogP) is 2.46. The second kappa shape index (κ2) is 10.3. The molecule has 2 aromatic carbocycles. The van der Waals surface area contributed by atoms with E-state index in [1.807, 2.05) is 19.1 Å². The van der Waals surface area contributed by atoms with Gasteiger partial charge in [0.05, 0.1) is 19.6 Å². The number of hydrogen-bond acceptors (Lipinski definition) is 6. The van der Waals surface area contributed by atoms with Crippen molar-refractivity contribution in [3.8, 4) is 11.5 Å². The number of aryl methyl sites for hydroxylation is 1. The Morgan fingerprint density at radius 3 is 2.60 bits per heavy atom. The largest absolute Gasteiger partial charge is 0.490 e. The fourth-order valence-electron chi connectivity index (χ4n) is 2.86. The minimum atomic E-state index is -0.575. The number of anilines is 1. The van der Waals surface area contributed by atoms with E-state index in [9.17, 15) is 14.4 Å². The summed E-state index contributed by atoms with van der Waals surface area (Å²) in [5, 5.41) is 5.31. The van der Waals surface area contributed by atoms with Gasteiger partial charge in [0.15, 0.2) is 18.1 Å². The summed E-state index contributed by atoms with van der Waals surface area (Å²) in [5.41, 5.74) is 1.93. The Kier molecular flexibility index (Phi) is 7.26. The molecule has 1 aliphatic heterocycles. The molecule has 0 aliphatic carbocycles. The lowest BCUT2D eigenvalue weighted by Crippen LogP contribution is -2.28. The lowest BCUT2D eigenvalue weighted by molar-refractivity contribution is -0.147. The summed E-state index contributed by atoms with van der Waals surface area (Å²) in [5.74, 6) is -0.111. The molecule has 0 spiro atoms. The van der Waals surface area contributed by atoms with Gasteiger partial charge in [-0.1, -0.05) is 18.2 Å². The van der Waals surface area contributed by atoms with Gasteiger partial charge >= 0.3 is 5.97 Å². The summed E-state index contributed by atoms with van der Waals surface area (Å²) in [6.45, 7) is 2.67. The topological polar surface area (TPSA) is 103 Å². The Balaban J connectivity index is 1.38. The lowest BCUT2D eigenvalue weighted by Gasteiger charge is -2.11. The molecule has 0 unspecified atom stereocenters. The van der Waals surface area contributed by atoms with Crippen LogP contribution in [0.25, 0.3) is 0 Å². The molecule has 1 heterocycles. The highest BCUT2D eigenvalue weighted by Gasteiger charge is 2.13. The van der Waals surface area contributed by atoms with Crippen molar-refractivity contribution in [2.24, 2.45) is 0 Å². The van der Waals surface area contributed by atoms with Crippen LogP contribution in [0.3, 0.4) is 0 Å². The highest BCUT2D eigenvalue weighted by atomic mass is 16.5. The van der Waals surface area contributed by atoms with Gasteiger partial charge in [-0.05, 0) is 30.7 Å². The fraction of sp³-hybridized carbons (Fsp3) is 0.318. The molecule has 1 aliphatic rings. The van der Waals surface area contributed by atoms with Gasteiger partial charge in [0.2, 0.25) is 0 Å². The van der Waals surface area contributed by atoms with Crippen LogP contribution in [0, 0.1) is 6.92 Å². The van der Waals surface area contributed by atoms with Crippen LogP contribution in [0.2, 0.25) is 0 Å². The van der Waals surface area contributed by atoms with E-state index in [1.165, 1.54) is 0 Å². The van der Waals surface area contributed by atoms with Crippen molar-refractivity contribution in [3.05, 3.63) is 53.6 Å². The summed E-state index contributed by atoms with van der Waals surface area (Å²) in [6, 6.07) is 12.3. The van der Waals surface area contributed by atoms with Crippen molar-refractivity contribution in [1.82, 2.24) is 5.32 Å². The highest BCUT2D eigenvalue weighted by Crippen LogP contribution is 2.32. The maximum Gasteiger partial charge on any atom is 0.308 e. The summed E-state index contributed by atoms with van der Waals surface area (Å²) in [6.07, 6.45) is 0.757.